The molecule has 1 aromatic carbocycles. The van der Waals surface area contributed by atoms with Gasteiger partial charge in [-0.3, -0.25) is 0 Å². The average molecular weight is 204 g/mol. The standard InChI is InChI=1S/C12H12O3/c1-7-4-9-5-8(11-6-14-11)2-3-10(9)12(13)15-7/h2-3,5,7,11H,4,6H2,1H3/t7-,11+/m0/s1. The molecular weight excluding hydrogens is 192 g/mol. The third-order valence-electron chi connectivity index (χ3n) is 2.87. The van der Waals surface area contributed by atoms with Crippen LogP contribution in [0, 0.1) is 0 Å². The van der Waals surface area contributed by atoms with E-state index in [9.17, 15) is 4.79 Å². The van der Waals surface area contributed by atoms with Crippen LogP contribution in [0.3, 0.4) is 0 Å². The molecule has 0 radical (unpaired) electrons. The summed E-state index contributed by atoms with van der Waals surface area (Å²) in [7, 11) is 0. The van der Waals surface area contributed by atoms with Crippen LogP contribution in [-0.2, 0) is 15.9 Å². The fourth-order valence-electron chi connectivity index (χ4n) is 2.02. The number of hydrogen-bond acceptors (Lipinski definition) is 3. The van der Waals surface area contributed by atoms with E-state index in [1.807, 2.05) is 19.1 Å². The summed E-state index contributed by atoms with van der Waals surface area (Å²) in [6, 6.07) is 5.87. The molecule has 0 aromatic heterocycles. The number of rotatable bonds is 1. The lowest BCUT2D eigenvalue weighted by molar-refractivity contribution is 0.0301. The molecule has 0 N–H and O–H groups in total. The van der Waals surface area contributed by atoms with E-state index in [4.69, 9.17) is 9.47 Å². The number of benzene rings is 1. The Morgan fingerprint density at radius 3 is 2.93 bits per heavy atom. The first-order chi connectivity index (χ1) is 7.24. The van der Waals surface area contributed by atoms with Crippen LogP contribution in [0.1, 0.15) is 34.5 Å². The maximum absolute atomic E-state index is 11.5. The van der Waals surface area contributed by atoms with Crippen molar-refractivity contribution in [1.29, 1.82) is 0 Å². The number of ether oxygens (including phenoxy) is 2. The Kier molecular flexibility index (Phi) is 1.83. The quantitative estimate of drug-likeness (QED) is 0.517. The van der Waals surface area contributed by atoms with Gasteiger partial charge in [-0.25, -0.2) is 4.79 Å². The highest BCUT2D eigenvalue weighted by molar-refractivity contribution is 5.92. The van der Waals surface area contributed by atoms with Gasteiger partial charge in [-0.1, -0.05) is 12.1 Å². The van der Waals surface area contributed by atoms with Crippen LogP contribution in [0.15, 0.2) is 18.2 Å². The van der Waals surface area contributed by atoms with Gasteiger partial charge >= 0.3 is 5.97 Å². The van der Waals surface area contributed by atoms with Crippen molar-refractivity contribution in [3.05, 3.63) is 34.9 Å². The fourth-order valence-corrected chi connectivity index (χ4v) is 2.02. The molecule has 15 heavy (non-hydrogen) atoms. The lowest BCUT2D eigenvalue weighted by Gasteiger charge is -2.21. The second-order valence-corrected chi connectivity index (χ2v) is 4.16. The number of epoxide rings is 1. The molecule has 0 saturated carbocycles. The van der Waals surface area contributed by atoms with Gasteiger partial charge in [0.25, 0.3) is 0 Å². The number of carbonyl (C=O) groups is 1. The van der Waals surface area contributed by atoms with E-state index in [1.54, 1.807) is 0 Å². The van der Waals surface area contributed by atoms with E-state index >= 15 is 0 Å². The Bertz CT molecular complexity index is 421. The molecule has 2 aliphatic heterocycles. The zero-order chi connectivity index (χ0) is 10.4. The van der Waals surface area contributed by atoms with Crippen LogP contribution in [0.4, 0.5) is 0 Å². The molecule has 0 bridgehead atoms. The van der Waals surface area contributed by atoms with E-state index in [0.29, 0.717) is 5.56 Å². The first-order valence-electron chi connectivity index (χ1n) is 5.19. The molecule has 0 unspecified atom stereocenters. The lowest BCUT2D eigenvalue weighted by atomic mass is 9.96. The second-order valence-electron chi connectivity index (χ2n) is 4.16. The molecule has 78 valence electrons. The Labute approximate surface area is 88.0 Å². The van der Waals surface area contributed by atoms with Crippen LogP contribution >= 0.6 is 0 Å². The Morgan fingerprint density at radius 2 is 2.20 bits per heavy atom. The van der Waals surface area contributed by atoms with Crippen molar-refractivity contribution in [2.45, 2.75) is 25.6 Å². The summed E-state index contributed by atoms with van der Waals surface area (Å²) in [5.41, 5.74) is 2.97. The number of fused-ring (bicyclic) bond motifs is 1. The zero-order valence-corrected chi connectivity index (χ0v) is 8.53. The summed E-state index contributed by atoms with van der Waals surface area (Å²) in [6.45, 7) is 2.72. The van der Waals surface area contributed by atoms with Crippen molar-refractivity contribution in [3.8, 4) is 0 Å². The molecule has 1 saturated heterocycles. The van der Waals surface area contributed by atoms with Crippen molar-refractivity contribution in [1.82, 2.24) is 0 Å². The fraction of sp³-hybridized carbons (Fsp3) is 0.417. The summed E-state index contributed by atoms with van der Waals surface area (Å²) < 4.78 is 10.4. The molecule has 3 rings (SSSR count). The topological polar surface area (TPSA) is 38.8 Å². The minimum Gasteiger partial charge on any atom is -0.459 e. The van der Waals surface area contributed by atoms with Crippen LogP contribution in [0.25, 0.3) is 0 Å². The Morgan fingerprint density at radius 1 is 1.40 bits per heavy atom. The van der Waals surface area contributed by atoms with Crippen LogP contribution in [0.2, 0.25) is 0 Å². The monoisotopic (exact) mass is 204 g/mol. The number of esters is 1. The van der Waals surface area contributed by atoms with Gasteiger partial charge in [0.05, 0.1) is 12.2 Å². The van der Waals surface area contributed by atoms with Gasteiger partial charge in [0.2, 0.25) is 0 Å². The SMILES string of the molecule is C[C@H]1Cc2cc([C@H]3CO3)ccc2C(=O)O1. The molecular formula is C12H12O3. The van der Waals surface area contributed by atoms with Crippen LogP contribution < -0.4 is 0 Å². The summed E-state index contributed by atoms with van der Waals surface area (Å²) in [5, 5.41) is 0. The average Bonchev–Trinajstić information content (AvgIpc) is 2.99. The highest BCUT2D eigenvalue weighted by Gasteiger charge is 2.28. The van der Waals surface area contributed by atoms with Crippen molar-refractivity contribution in [2.75, 3.05) is 6.61 Å². The van der Waals surface area contributed by atoms with Crippen LogP contribution in [-0.4, -0.2) is 18.7 Å². The normalized spacial score (nSPS) is 28.2. The number of hydrogen-bond donors (Lipinski definition) is 0. The van der Waals surface area contributed by atoms with Gasteiger partial charge in [0.1, 0.15) is 12.2 Å². The molecule has 0 aliphatic carbocycles. The maximum atomic E-state index is 11.5. The molecule has 1 fully saturated rings. The van der Waals surface area contributed by atoms with Crippen molar-refractivity contribution >= 4 is 5.97 Å². The first kappa shape index (κ1) is 8.92. The highest BCUT2D eigenvalue weighted by atomic mass is 16.6. The summed E-state index contributed by atoms with van der Waals surface area (Å²) in [5.74, 6) is -0.202. The van der Waals surface area contributed by atoms with Gasteiger partial charge in [0.15, 0.2) is 0 Å². The first-order valence-corrected chi connectivity index (χ1v) is 5.19. The number of carbonyl (C=O) groups excluding carboxylic acids is 1. The van der Waals surface area contributed by atoms with Crippen molar-refractivity contribution < 1.29 is 14.3 Å². The third-order valence-corrected chi connectivity index (χ3v) is 2.87. The molecule has 3 heteroatoms. The molecule has 2 heterocycles. The smallest absolute Gasteiger partial charge is 0.338 e. The minimum absolute atomic E-state index is 0.0135. The minimum atomic E-state index is -0.202. The van der Waals surface area contributed by atoms with E-state index in [1.165, 1.54) is 5.56 Å². The van der Waals surface area contributed by atoms with Crippen molar-refractivity contribution in [3.63, 3.8) is 0 Å². The molecule has 3 nitrogen and oxygen atoms in total. The summed E-state index contributed by atoms with van der Waals surface area (Å²) in [6.07, 6.45) is 1.05. The second kappa shape index (κ2) is 3.07. The van der Waals surface area contributed by atoms with E-state index in [2.05, 4.69) is 6.07 Å². The predicted molar refractivity (Wildman–Crippen MR) is 53.7 cm³/mol. The van der Waals surface area contributed by atoms with Gasteiger partial charge in [-0.15, -0.1) is 0 Å². The van der Waals surface area contributed by atoms with Gasteiger partial charge in [0, 0.05) is 6.42 Å². The third kappa shape index (κ3) is 1.53. The Hall–Kier alpha value is -1.35. The van der Waals surface area contributed by atoms with Crippen molar-refractivity contribution in [2.24, 2.45) is 0 Å². The maximum Gasteiger partial charge on any atom is 0.338 e. The zero-order valence-electron chi connectivity index (χ0n) is 8.53. The molecule has 2 atom stereocenters. The molecule has 2 aliphatic rings. The lowest BCUT2D eigenvalue weighted by Crippen LogP contribution is -2.25. The molecule has 1 aromatic rings. The summed E-state index contributed by atoms with van der Waals surface area (Å²) >= 11 is 0. The van der Waals surface area contributed by atoms with Gasteiger partial charge in [-0.05, 0) is 24.1 Å². The highest BCUT2D eigenvalue weighted by Crippen LogP contribution is 2.32. The van der Waals surface area contributed by atoms with Gasteiger partial charge < -0.3 is 9.47 Å². The molecule has 0 amide bonds. The predicted octanol–water partition coefficient (Wildman–Crippen LogP) is 1.86. The van der Waals surface area contributed by atoms with Crippen LogP contribution in [0.5, 0.6) is 0 Å². The van der Waals surface area contributed by atoms with E-state index < -0.39 is 0 Å². The van der Waals surface area contributed by atoms with E-state index in [-0.39, 0.29) is 18.2 Å². The van der Waals surface area contributed by atoms with Gasteiger partial charge in [-0.2, -0.15) is 0 Å². The summed E-state index contributed by atoms with van der Waals surface area (Å²) in [4.78, 5) is 11.5. The van der Waals surface area contributed by atoms with E-state index in [0.717, 1.165) is 18.6 Å². The number of cyclic esters (lactones) is 1. The Balaban J connectivity index is 2.02. The molecule has 0 spiro atoms. The largest absolute Gasteiger partial charge is 0.459 e.